The highest BCUT2D eigenvalue weighted by Crippen LogP contribution is 2.06. The zero-order valence-corrected chi connectivity index (χ0v) is 14.4. The van der Waals surface area contributed by atoms with Crippen molar-refractivity contribution in [2.24, 2.45) is 0 Å². The number of aromatic nitrogens is 1. The average molecular weight is 330 g/mol. The lowest BCUT2D eigenvalue weighted by Gasteiger charge is -2.29. The number of rotatable bonds is 5. The molecule has 0 unspecified atom stereocenters. The van der Waals surface area contributed by atoms with Crippen molar-refractivity contribution in [3.63, 3.8) is 0 Å². The average Bonchev–Trinajstić information content (AvgIpc) is 2.94. The SMILES string of the molecule is Cc1cccc(C[NH+]2CC[NH+](CC(=O)Nc3cc(C)on3)CC2)c1. The third kappa shape index (κ3) is 4.66. The molecule has 3 N–H and O–H groups in total. The lowest BCUT2D eigenvalue weighted by Crippen LogP contribution is -3.28. The van der Waals surface area contributed by atoms with Crippen LogP contribution in [0.25, 0.3) is 0 Å². The summed E-state index contributed by atoms with van der Waals surface area (Å²) in [6.45, 7) is 9.74. The lowest BCUT2D eigenvalue weighted by atomic mass is 10.1. The first-order chi connectivity index (χ1) is 11.6. The molecule has 1 fully saturated rings. The van der Waals surface area contributed by atoms with Gasteiger partial charge in [-0.2, -0.15) is 0 Å². The molecular weight excluding hydrogens is 304 g/mol. The summed E-state index contributed by atoms with van der Waals surface area (Å²) in [7, 11) is 0. The number of quaternary nitrogens is 2. The summed E-state index contributed by atoms with van der Waals surface area (Å²) in [4.78, 5) is 15.0. The minimum absolute atomic E-state index is 0.000402. The Kier molecular flexibility index (Phi) is 5.27. The number of hydrogen-bond donors (Lipinski definition) is 3. The van der Waals surface area contributed by atoms with E-state index in [1.807, 2.05) is 6.92 Å². The first-order valence-electron chi connectivity index (χ1n) is 8.54. The largest absolute Gasteiger partial charge is 0.360 e. The van der Waals surface area contributed by atoms with Crippen molar-refractivity contribution in [3.05, 3.63) is 47.2 Å². The van der Waals surface area contributed by atoms with E-state index in [-0.39, 0.29) is 5.91 Å². The Morgan fingerprint density at radius 3 is 2.58 bits per heavy atom. The molecule has 0 aliphatic carbocycles. The van der Waals surface area contributed by atoms with Crippen LogP contribution < -0.4 is 15.1 Å². The molecule has 2 aromatic rings. The van der Waals surface area contributed by atoms with Gasteiger partial charge in [-0.15, -0.1) is 0 Å². The Labute approximate surface area is 142 Å². The fourth-order valence-electron chi connectivity index (χ4n) is 3.26. The number of piperazine rings is 1. The predicted octanol–water partition coefficient (Wildman–Crippen LogP) is -0.786. The molecule has 6 heteroatoms. The number of benzene rings is 1. The van der Waals surface area contributed by atoms with E-state index in [9.17, 15) is 4.79 Å². The number of anilines is 1. The van der Waals surface area contributed by atoms with Crippen LogP contribution in [-0.4, -0.2) is 43.8 Å². The van der Waals surface area contributed by atoms with Gasteiger partial charge in [0.05, 0.1) is 0 Å². The summed E-state index contributed by atoms with van der Waals surface area (Å²) in [5, 5.41) is 6.59. The molecule has 1 aromatic carbocycles. The topological polar surface area (TPSA) is 64.0 Å². The van der Waals surface area contributed by atoms with Gasteiger partial charge in [0.1, 0.15) is 38.5 Å². The molecular formula is C18H26N4O2+2. The van der Waals surface area contributed by atoms with Crippen molar-refractivity contribution in [3.8, 4) is 0 Å². The molecule has 1 aliphatic rings. The van der Waals surface area contributed by atoms with E-state index in [0.717, 1.165) is 32.7 Å². The summed E-state index contributed by atoms with van der Waals surface area (Å²) in [6.07, 6.45) is 0. The molecule has 0 spiro atoms. The minimum Gasteiger partial charge on any atom is -0.360 e. The Morgan fingerprint density at radius 2 is 1.92 bits per heavy atom. The molecule has 24 heavy (non-hydrogen) atoms. The summed E-state index contributed by atoms with van der Waals surface area (Å²) >= 11 is 0. The van der Waals surface area contributed by atoms with Gasteiger partial charge in [0.15, 0.2) is 12.4 Å². The van der Waals surface area contributed by atoms with E-state index in [2.05, 4.69) is 41.7 Å². The predicted molar refractivity (Wildman–Crippen MR) is 91.0 cm³/mol. The second-order valence-electron chi connectivity index (χ2n) is 6.71. The quantitative estimate of drug-likeness (QED) is 0.674. The van der Waals surface area contributed by atoms with Crippen LogP contribution in [0.3, 0.4) is 0 Å². The Bertz CT molecular complexity index is 690. The molecule has 0 saturated carbocycles. The van der Waals surface area contributed by atoms with Gasteiger partial charge in [0.25, 0.3) is 5.91 Å². The zero-order valence-electron chi connectivity index (χ0n) is 14.4. The molecule has 3 rings (SSSR count). The van der Waals surface area contributed by atoms with E-state index in [4.69, 9.17) is 4.52 Å². The van der Waals surface area contributed by atoms with E-state index >= 15 is 0 Å². The Morgan fingerprint density at radius 1 is 1.17 bits per heavy atom. The maximum Gasteiger partial charge on any atom is 0.280 e. The highest BCUT2D eigenvalue weighted by molar-refractivity contribution is 5.90. The number of amides is 1. The fraction of sp³-hybridized carbons (Fsp3) is 0.444. The molecule has 0 atom stereocenters. The van der Waals surface area contributed by atoms with Crippen LogP contribution in [0.1, 0.15) is 16.9 Å². The second kappa shape index (κ2) is 7.59. The standard InChI is InChI=1S/C18H24N4O2/c1-14-4-3-5-16(10-14)12-21-6-8-22(9-7-21)13-18(23)19-17-11-15(2)24-20-17/h3-5,10-11H,6-9,12-13H2,1-2H3,(H,19,20,23)/p+2. The normalized spacial score (nSPS) is 20.8. The van der Waals surface area contributed by atoms with Crippen molar-refractivity contribution in [2.45, 2.75) is 20.4 Å². The van der Waals surface area contributed by atoms with Crippen LogP contribution in [0, 0.1) is 13.8 Å². The fourth-order valence-corrected chi connectivity index (χ4v) is 3.26. The van der Waals surface area contributed by atoms with Crippen molar-refractivity contribution < 1.29 is 19.1 Å². The van der Waals surface area contributed by atoms with Crippen LogP contribution in [0.2, 0.25) is 0 Å². The smallest absolute Gasteiger partial charge is 0.280 e. The summed E-state index contributed by atoms with van der Waals surface area (Å²) in [5.74, 6) is 1.20. The van der Waals surface area contributed by atoms with Gasteiger partial charge in [0.2, 0.25) is 0 Å². The van der Waals surface area contributed by atoms with Gasteiger partial charge < -0.3 is 19.6 Å². The number of carbonyl (C=O) groups is 1. The second-order valence-corrected chi connectivity index (χ2v) is 6.71. The third-order valence-corrected chi connectivity index (χ3v) is 4.51. The van der Waals surface area contributed by atoms with Crippen molar-refractivity contribution in [1.82, 2.24) is 5.16 Å². The zero-order chi connectivity index (χ0) is 16.9. The first-order valence-corrected chi connectivity index (χ1v) is 8.54. The summed E-state index contributed by atoms with van der Waals surface area (Å²) in [6, 6.07) is 10.5. The van der Waals surface area contributed by atoms with Gasteiger partial charge in [-0.1, -0.05) is 35.0 Å². The third-order valence-electron chi connectivity index (χ3n) is 4.51. The summed E-state index contributed by atoms with van der Waals surface area (Å²) in [5.41, 5.74) is 2.71. The van der Waals surface area contributed by atoms with E-state index < -0.39 is 0 Å². The molecule has 1 aromatic heterocycles. The number of nitrogens with one attached hydrogen (secondary N) is 3. The van der Waals surface area contributed by atoms with Gasteiger partial charge in [-0.05, 0) is 13.8 Å². The van der Waals surface area contributed by atoms with Crippen LogP contribution in [0.15, 0.2) is 34.9 Å². The highest BCUT2D eigenvalue weighted by atomic mass is 16.5. The maximum atomic E-state index is 12.1. The molecule has 2 heterocycles. The van der Waals surface area contributed by atoms with Crippen molar-refractivity contribution in [1.29, 1.82) is 0 Å². The first kappa shape index (κ1) is 16.7. The van der Waals surface area contributed by atoms with Crippen LogP contribution in [0.5, 0.6) is 0 Å². The van der Waals surface area contributed by atoms with Crippen LogP contribution in [0.4, 0.5) is 5.82 Å². The van der Waals surface area contributed by atoms with Crippen molar-refractivity contribution >= 4 is 11.7 Å². The molecule has 1 amide bonds. The molecule has 128 valence electrons. The number of nitrogens with zero attached hydrogens (tertiary/aromatic N) is 1. The lowest BCUT2D eigenvalue weighted by molar-refractivity contribution is -1.02. The molecule has 1 saturated heterocycles. The molecule has 6 nitrogen and oxygen atoms in total. The molecule has 0 bridgehead atoms. The molecule has 0 radical (unpaired) electrons. The van der Waals surface area contributed by atoms with Crippen LogP contribution >= 0.6 is 0 Å². The minimum atomic E-state index is 0.000402. The number of hydrogen-bond acceptors (Lipinski definition) is 3. The van der Waals surface area contributed by atoms with Gasteiger partial charge >= 0.3 is 0 Å². The summed E-state index contributed by atoms with van der Waals surface area (Å²) < 4.78 is 4.96. The van der Waals surface area contributed by atoms with E-state index in [0.29, 0.717) is 18.1 Å². The van der Waals surface area contributed by atoms with E-state index in [1.54, 1.807) is 11.0 Å². The Hall–Kier alpha value is -2.18. The maximum absolute atomic E-state index is 12.1. The van der Waals surface area contributed by atoms with Gasteiger partial charge in [0, 0.05) is 11.6 Å². The van der Waals surface area contributed by atoms with Crippen LogP contribution in [-0.2, 0) is 11.3 Å². The number of carbonyl (C=O) groups excluding carboxylic acids is 1. The highest BCUT2D eigenvalue weighted by Gasteiger charge is 2.25. The van der Waals surface area contributed by atoms with Gasteiger partial charge in [-0.3, -0.25) is 4.79 Å². The van der Waals surface area contributed by atoms with Crippen molar-refractivity contribution in [2.75, 3.05) is 38.0 Å². The Balaban J connectivity index is 1.42. The van der Waals surface area contributed by atoms with Gasteiger partial charge in [-0.25, -0.2) is 0 Å². The number of aryl methyl sites for hydroxylation is 2. The monoisotopic (exact) mass is 330 g/mol. The van der Waals surface area contributed by atoms with E-state index in [1.165, 1.54) is 16.0 Å². The molecule has 1 aliphatic heterocycles.